The Kier molecular flexibility index (Phi) is 2.47. The van der Waals surface area contributed by atoms with Gasteiger partial charge in [-0.1, -0.05) is 15.9 Å². The number of hydrogen-bond donors (Lipinski definition) is 0. The molecule has 2 aromatic rings. The van der Waals surface area contributed by atoms with Gasteiger partial charge in [0.05, 0.1) is 17.8 Å². The van der Waals surface area contributed by atoms with E-state index in [2.05, 4.69) is 44.7 Å². The number of aryl methyl sites for hydroxylation is 1. The standard InChI is InChI=1S/C13H13BrN2O/c1-8-6-16-7-9(2)17-12-4-3-10(14)5-11(12)13(16)15-8/h3-6,9H,7H2,1-2H3. The fraction of sp³-hybridized carbons (Fsp3) is 0.308. The molecule has 0 radical (unpaired) electrons. The average molecular weight is 293 g/mol. The van der Waals surface area contributed by atoms with Gasteiger partial charge in [-0.25, -0.2) is 4.98 Å². The summed E-state index contributed by atoms with van der Waals surface area (Å²) >= 11 is 3.50. The Morgan fingerprint density at radius 2 is 2.29 bits per heavy atom. The van der Waals surface area contributed by atoms with Crippen LogP contribution in [0.4, 0.5) is 0 Å². The van der Waals surface area contributed by atoms with Gasteiger partial charge in [0, 0.05) is 10.7 Å². The fourth-order valence-corrected chi connectivity index (χ4v) is 2.57. The van der Waals surface area contributed by atoms with E-state index < -0.39 is 0 Å². The highest BCUT2D eigenvalue weighted by molar-refractivity contribution is 9.10. The van der Waals surface area contributed by atoms with Crippen LogP contribution in [0.1, 0.15) is 12.6 Å². The molecule has 1 aromatic heterocycles. The summed E-state index contributed by atoms with van der Waals surface area (Å²) in [6.45, 7) is 4.93. The normalized spacial score (nSPS) is 17.9. The molecule has 0 saturated heterocycles. The second-order valence-electron chi connectivity index (χ2n) is 4.43. The Labute approximate surface area is 109 Å². The van der Waals surface area contributed by atoms with E-state index >= 15 is 0 Å². The molecular formula is C13H13BrN2O. The zero-order valence-electron chi connectivity index (χ0n) is 9.77. The van der Waals surface area contributed by atoms with Crippen LogP contribution in [-0.4, -0.2) is 15.7 Å². The third-order valence-corrected chi connectivity index (χ3v) is 3.35. The minimum absolute atomic E-state index is 0.157. The highest BCUT2D eigenvalue weighted by atomic mass is 79.9. The molecule has 0 amide bonds. The molecule has 0 aliphatic carbocycles. The van der Waals surface area contributed by atoms with Crippen molar-refractivity contribution in [2.24, 2.45) is 0 Å². The number of fused-ring (bicyclic) bond motifs is 3. The number of halogens is 1. The third-order valence-electron chi connectivity index (χ3n) is 2.86. The number of benzene rings is 1. The van der Waals surface area contributed by atoms with E-state index in [9.17, 15) is 0 Å². The smallest absolute Gasteiger partial charge is 0.144 e. The monoisotopic (exact) mass is 292 g/mol. The first kappa shape index (κ1) is 10.8. The second-order valence-corrected chi connectivity index (χ2v) is 5.34. The number of imidazole rings is 1. The third kappa shape index (κ3) is 1.86. The van der Waals surface area contributed by atoms with Crippen LogP contribution in [-0.2, 0) is 6.54 Å². The van der Waals surface area contributed by atoms with Gasteiger partial charge < -0.3 is 9.30 Å². The van der Waals surface area contributed by atoms with E-state index in [-0.39, 0.29) is 6.10 Å². The summed E-state index contributed by atoms with van der Waals surface area (Å²) in [5.41, 5.74) is 2.09. The molecular weight excluding hydrogens is 280 g/mol. The molecule has 1 aliphatic heterocycles. The summed E-state index contributed by atoms with van der Waals surface area (Å²) in [5, 5.41) is 0. The molecule has 1 atom stereocenters. The van der Waals surface area contributed by atoms with Crippen molar-refractivity contribution in [2.75, 3.05) is 0 Å². The van der Waals surface area contributed by atoms with Crippen molar-refractivity contribution in [1.82, 2.24) is 9.55 Å². The fourth-order valence-electron chi connectivity index (χ4n) is 2.21. The molecule has 3 nitrogen and oxygen atoms in total. The first-order valence-corrected chi connectivity index (χ1v) is 6.43. The number of aromatic nitrogens is 2. The minimum Gasteiger partial charge on any atom is -0.488 e. The van der Waals surface area contributed by atoms with E-state index in [4.69, 9.17) is 4.74 Å². The van der Waals surface area contributed by atoms with Gasteiger partial charge in [-0.3, -0.25) is 0 Å². The number of ether oxygens (including phenoxy) is 1. The lowest BCUT2D eigenvalue weighted by atomic mass is 10.2. The Morgan fingerprint density at radius 1 is 1.47 bits per heavy atom. The predicted molar refractivity (Wildman–Crippen MR) is 70.2 cm³/mol. The van der Waals surface area contributed by atoms with Crippen LogP contribution in [0.15, 0.2) is 28.9 Å². The highest BCUT2D eigenvalue weighted by Gasteiger charge is 2.21. The molecule has 1 aromatic carbocycles. The van der Waals surface area contributed by atoms with E-state index in [1.807, 2.05) is 19.1 Å². The van der Waals surface area contributed by atoms with E-state index in [1.165, 1.54) is 0 Å². The van der Waals surface area contributed by atoms with Crippen molar-refractivity contribution in [2.45, 2.75) is 26.5 Å². The maximum absolute atomic E-state index is 5.91. The largest absolute Gasteiger partial charge is 0.488 e. The maximum atomic E-state index is 5.91. The van der Waals surface area contributed by atoms with Crippen molar-refractivity contribution in [3.8, 4) is 17.1 Å². The van der Waals surface area contributed by atoms with Crippen LogP contribution in [0.3, 0.4) is 0 Å². The SMILES string of the molecule is Cc1cn2c(n1)-c1cc(Br)ccc1OC(C)C2. The van der Waals surface area contributed by atoms with Gasteiger partial charge in [0.1, 0.15) is 17.7 Å². The lowest BCUT2D eigenvalue weighted by Gasteiger charge is -2.12. The van der Waals surface area contributed by atoms with E-state index in [0.717, 1.165) is 33.8 Å². The van der Waals surface area contributed by atoms with Gasteiger partial charge in [-0.2, -0.15) is 0 Å². The topological polar surface area (TPSA) is 27.1 Å². The second kappa shape index (κ2) is 3.88. The first-order chi connectivity index (χ1) is 8.13. The number of hydrogen-bond acceptors (Lipinski definition) is 2. The van der Waals surface area contributed by atoms with E-state index in [0.29, 0.717) is 0 Å². The number of rotatable bonds is 0. The predicted octanol–water partition coefficient (Wildman–Crippen LogP) is 3.40. The van der Waals surface area contributed by atoms with Gasteiger partial charge in [-0.15, -0.1) is 0 Å². The van der Waals surface area contributed by atoms with Crippen LogP contribution >= 0.6 is 15.9 Å². The lowest BCUT2D eigenvalue weighted by Crippen LogP contribution is -2.17. The summed E-state index contributed by atoms with van der Waals surface area (Å²) in [4.78, 5) is 4.59. The molecule has 0 spiro atoms. The zero-order chi connectivity index (χ0) is 12.0. The Hall–Kier alpha value is -1.29. The molecule has 3 rings (SSSR count). The van der Waals surface area contributed by atoms with Crippen molar-refractivity contribution < 1.29 is 4.74 Å². The molecule has 1 aliphatic rings. The first-order valence-electron chi connectivity index (χ1n) is 5.64. The summed E-state index contributed by atoms with van der Waals surface area (Å²) in [7, 11) is 0. The quantitative estimate of drug-likeness (QED) is 0.744. The summed E-state index contributed by atoms with van der Waals surface area (Å²) in [6, 6.07) is 6.05. The van der Waals surface area contributed by atoms with Crippen molar-refractivity contribution >= 4 is 15.9 Å². The Bertz CT molecular complexity index is 577. The Morgan fingerprint density at radius 3 is 3.12 bits per heavy atom. The molecule has 4 heteroatoms. The molecule has 0 N–H and O–H groups in total. The van der Waals surface area contributed by atoms with Crippen LogP contribution in [0.5, 0.6) is 5.75 Å². The molecule has 0 fully saturated rings. The lowest BCUT2D eigenvalue weighted by molar-refractivity contribution is 0.206. The summed E-state index contributed by atoms with van der Waals surface area (Å²) in [6.07, 6.45) is 2.23. The number of nitrogens with zero attached hydrogens (tertiary/aromatic N) is 2. The zero-order valence-corrected chi connectivity index (χ0v) is 11.4. The van der Waals surface area contributed by atoms with Crippen molar-refractivity contribution in [3.63, 3.8) is 0 Å². The maximum Gasteiger partial charge on any atom is 0.144 e. The summed E-state index contributed by atoms with van der Waals surface area (Å²) < 4.78 is 9.12. The molecule has 88 valence electrons. The average Bonchev–Trinajstić information content (AvgIpc) is 2.56. The molecule has 2 heterocycles. The minimum atomic E-state index is 0.157. The highest BCUT2D eigenvalue weighted by Crippen LogP contribution is 2.35. The van der Waals surface area contributed by atoms with Gasteiger partial charge in [-0.05, 0) is 32.0 Å². The Balaban J connectivity index is 2.26. The molecule has 17 heavy (non-hydrogen) atoms. The molecule has 0 bridgehead atoms. The van der Waals surface area contributed by atoms with Crippen LogP contribution < -0.4 is 4.74 Å². The van der Waals surface area contributed by atoms with Crippen LogP contribution in [0, 0.1) is 6.92 Å². The van der Waals surface area contributed by atoms with Crippen molar-refractivity contribution in [3.05, 3.63) is 34.6 Å². The van der Waals surface area contributed by atoms with Crippen molar-refractivity contribution in [1.29, 1.82) is 0 Å². The summed E-state index contributed by atoms with van der Waals surface area (Å²) in [5.74, 6) is 1.90. The van der Waals surface area contributed by atoms with Gasteiger partial charge in [0.15, 0.2) is 0 Å². The molecule has 0 saturated carbocycles. The van der Waals surface area contributed by atoms with Gasteiger partial charge in [0.25, 0.3) is 0 Å². The van der Waals surface area contributed by atoms with E-state index in [1.54, 1.807) is 0 Å². The van der Waals surface area contributed by atoms with Crippen LogP contribution in [0.25, 0.3) is 11.4 Å². The van der Waals surface area contributed by atoms with Gasteiger partial charge >= 0.3 is 0 Å². The molecule has 1 unspecified atom stereocenters. The van der Waals surface area contributed by atoms with Crippen LogP contribution in [0.2, 0.25) is 0 Å². The van der Waals surface area contributed by atoms with Gasteiger partial charge in [0.2, 0.25) is 0 Å².